The molecule has 1 aliphatic carbocycles. The van der Waals surface area contributed by atoms with Crippen molar-refractivity contribution in [3.05, 3.63) is 59.7 Å². The molecule has 0 unspecified atom stereocenters. The van der Waals surface area contributed by atoms with Crippen LogP contribution >= 0.6 is 0 Å². The van der Waals surface area contributed by atoms with Gasteiger partial charge in [-0.2, -0.15) is 17.3 Å². The number of fused-ring (bicyclic) bond motifs is 1. The Morgan fingerprint density at radius 3 is 2.38 bits per heavy atom. The number of anilines is 2. The summed E-state index contributed by atoms with van der Waals surface area (Å²) < 4.78 is 33.3. The van der Waals surface area contributed by atoms with Gasteiger partial charge >= 0.3 is 59.1 Å². The molecule has 0 radical (unpaired) electrons. The minimum Gasteiger partial charge on any atom is -0.744 e. The maximum atomic E-state index is 12.5. The van der Waals surface area contributed by atoms with Gasteiger partial charge < -0.3 is 15.1 Å². The van der Waals surface area contributed by atoms with Gasteiger partial charge in [0.2, 0.25) is 0 Å². The third-order valence-corrected chi connectivity index (χ3v) is 4.15. The minimum atomic E-state index is -4.67. The summed E-state index contributed by atoms with van der Waals surface area (Å²) in [6.45, 7) is 0. The van der Waals surface area contributed by atoms with E-state index < -0.39 is 20.8 Å². The number of carbonyl (C=O) groups is 1. The van der Waals surface area contributed by atoms with Crippen LogP contribution in [-0.2, 0) is 10.1 Å². The molecule has 0 amide bonds. The number of para-hydroxylation sites is 1. The van der Waals surface area contributed by atoms with Crippen molar-refractivity contribution >= 4 is 39.1 Å². The molecule has 2 aromatic carbocycles. The fourth-order valence-corrected chi connectivity index (χ4v) is 2.77. The summed E-state index contributed by atoms with van der Waals surface area (Å²) in [6, 6.07) is 11.1. The molecule has 0 atom stereocenters. The van der Waals surface area contributed by atoms with Gasteiger partial charge in [0.05, 0.1) is 5.69 Å². The van der Waals surface area contributed by atoms with Crippen LogP contribution in [0.3, 0.4) is 0 Å². The smallest absolute Gasteiger partial charge is 0.744 e. The van der Waals surface area contributed by atoms with Crippen LogP contribution in [0.5, 0.6) is 0 Å². The van der Waals surface area contributed by atoms with E-state index in [1.54, 1.807) is 12.1 Å². The second-order valence-electron chi connectivity index (χ2n) is 4.99. The van der Waals surface area contributed by atoms with Gasteiger partial charge in [-0.25, -0.2) is 8.42 Å². The van der Waals surface area contributed by atoms with Gasteiger partial charge in [-0.3, -0.25) is 5.43 Å². The molecule has 0 bridgehead atoms. The zero-order valence-corrected chi connectivity index (χ0v) is 19.0. The standard InChI is InChI=1S/C16H12N3O4S.2Na/c17-13-9-12(24(21,22)23)8-10-6-7-14(16(20)15(10)13)19-18-11-4-2-1-3-5-11;;/h1-6,8-9,18H,17H2,(H,21,22,23);;/q-1;2*+1/p-1/b19-14+;;. The van der Waals surface area contributed by atoms with Crippen molar-refractivity contribution in [3.63, 3.8) is 0 Å². The topological polar surface area (TPSA) is 125 Å². The van der Waals surface area contributed by atoms with E-state index in [0.717, 1.165) is 12.1 Å². The Balaban J connectivity index is 0.00000169. The monoisotopic (exact) mass is 387 g/mol. The third kappa shape index (κ3) is 5.05. The van der Waals surface area contributed by atoms with Crippen molar-refractivity contribution in [2.45, 2.75) is 4.90 Å². The number of rotatable bonds is 3. The zero-order valence-electron chi connectivity index (χ0n) is 14.2. The molecule has 0 saturated carbocycles. The predicted molar refractivity (Wildman–Crippen MR) is 88.4 cm³/mol. The van der Waals surface area contributed by atoms with E-state index in [1.165, 1.54) is 6.08 Å². The molecule has 0 spiro atoms. The van der Waals surface area contributed by atoms with Crippen molar-refractivity contribution < 1.29 is 76.9 Å². The van der Waals surface area contributed by atoms with Gasteiger partial charge in [0.1, 0.15) is 15.9 Å². The fraction of sp³-hybridized carbons (Fsp3) is 0. The Morgan fingerprint density at radius 1 is 1.12 bits per heavy atom. The number of nitrogen functional groups attached to an aromatic ring is 1. The van der Waals surface area contributed by atoms with Crippen LogP contribution < -0.4 is 70.3 Å². The first-order chi connectivity index (χ1) is 11.4. The summed E-state index contributed by atoms with van der Waals surface area (Å²) in [5.41, 5.74) is 9.37. The van der Waals surface area contributed by atoms with Gasteiger partial charge in [-0.15, -0.1) is 5.56 Å². The molecule has 0 fully saturated rings. The number of nitrogens with two attached hydrogens (primary N) is 1. The summed E-state index contributed by atoms with van der Waals surface area (Å²) in [7, 11) is -4.67. The van der Waals surface area contributed by atoms with Crippen molar-refractivity contribution in [3.8, 4) is 0 Å². The Kier molecular flexibility index (Phi) is 8.25. The van der Waals surface area contributed by atoms with Gasteiger partial charge in [0, 0.05) is 16.3 Å². The second-order valence-corrected chi connectivity index (χ2v) is 6.37. The van der Waals surface area contributed by atoms with Gasteiger partial charge in [-0.1, -0.05) is 29.8 Å². The van der Waals surface area contributed by atoms with E-state index in [-0.39, 0.29) is 81.6 Å². The van der Waals surface area contributed by atoms with E-state index >= 15 is 0 Å². The molecular weight excluding hydrogens is 376 g/mol. The van der Waals surface area contributed by atoms with Crippen LogP contribution in [0, 0.1) is 6.08 Å². The number of hydrogen-bond donors (Lipinski definition) is 2. The summed E-state index contributed by atoms with van der Waals surface area (Å²) in [5, 5.41) is 3.98. The van der Waals surface area contributed by atoms with Gasteiger partial charge in [0.15, 0.2) is 0 Å². The Labute approximate surface area is 195 Å². The number of allylic oxidation sites excluding steroid dienone is 1. The number of nitrogens with one attached hydrogen (secondary N) is 1. The normalized spacial score (nSPS) is 14.2. The van der Waals surface area contributed by atoms with Crippen LogP contribution in [0.15, 0.2) is 52.5 Å². The first-order valence-electron chi connectivity index (χ1n) is 6.79. The fourth-order valence-electron chi connectivity index (χ4n) is 2.23. The number of hydrogen-bond acceptors (Lipinski definition) is 7. The summed E-state index contributed by atoms with van der Waals surface area (Å²) in [6.07, 6.45) is 4.03. The minimum absolute atomic E-state index is 0. The van der Waals surface area contributed by atoms with Gasteiger partial charge in [0.25, 0.3) is 0 Å². The molecule has 122 valence electrons. The van der Waals surface area contributed by atoms with Crippen LogP contribution in [-0.4, -0.2) is 24.5 Å². The molecule has 26 heavy (non-hydrogen) atoms. The average molecular weight is 387 g/mol. The molecule has 0 saturated heterocycles. The van der Waals surface area contributed by atoms with Crippen LogP contribution in [0.2, 0.25) is 0 Å². The van der Waals surface area contributed by atoms with Crippen LogP contribution in [0.25, 0.3) is 6.08 Å². The van der Waals surface area contributed by atoms with E-state index in [0.29, 0.717) is 5.69 Å². The largest absolute Gasteiger partial charge is 1.00 e. The first-order valence-corrected chi connectivity index (χ1v) is 8.20. The predicted octanol–water partition coefficient (Wildman–Crippen LogP) is -4.34. The van der Waals surface area contributed by atoms with Crippen LogP contribution in [0.4, 0.5) is 11.4 Å². The maximum absolute atomic E-state index is 12.5. The molecule has 10 heteroatoms. The van der Waals surface area contributed by atoms with E-state index in [4.69, 9.17) is 5.73 Å². The Bertz CT molecular complexity index is 990. The maximum Gasteiger partial charge on any atom is 1.00 e. The molecule has 7 nitrogen and oxygen atoms in total. The molecule has 0 heterocycles. The van der Waals surface area contributed by atoms with E-state index in [2.05, 4.69) is 16.6 Å². The molecule has 0 aliphatic heterocycles. The molecular formula is C16H11N3Na2O4S. The number of hydrazone groups is 1. The zero-order chi connectivity index (χ0) is 17.3. The van der Waals surface area contributed by atoms with Crippen molar-refractivity contribution in [1.82, 2.24) is 0 Å². The molecule has 2 aromatic rings. The second kappa shape index (κ2) is 9.29. The SMILES string of the molecule is Nc1cc(S(=O)(=O)[O-])cc2c1C(=O)/C(=N/Nc1ccccc1)[C-]=C2.[Na+].[Na+]. The average Bonchev–Trinajstić information content (AvgIpc) is 2.54. The molecule has 3 N–H and O–H groups in total. The Morgan fingerprint density at radius 2 is 1.77 bits per heavy atom. The van der Waals surface area contributed by atoms with Crippen molar-refractivity contribution in [2.75, 3.05) is 11.2 Å². The van der Waals surface area contributed by atoms with E-state index in [9.17, 15) is 17.8 Å². The van der Waals surface area contributed by atoms with Gasteiger partial charge in [-0.05, 0) is 18.2 Å². The molecule has 3 rings (SSSR count). The molecule has 0 aromatic heterocycles. The Hall–Kier alpha value is -0.970. The number of ketones is 1. The first kappa shape index (κ1) is 23.1. The summed E-state index contributed by atoms with van der Waals surface area (Å²) in [5.74, 6) is -0.511. The summed E-state index contributed by atoms with van der Waals surface area (Å²) >= 11 is 0. The number of nitrogens with zero attached hydrogens (tertiary/aromatic N) is 1. The van der Waals surface area contributed by atoms with Crippen LogP contribution in [0.1, 0.15) is 15.9 Å². The number of benzene rings is 2. The number of Topliss-reactive ketones (excluding diaryl/α,β-unsaturated/α-hetero) is 1. The molecule has 1 aliphatic rings. The summed E-state index contributed by atoms with van der Waals surface area (Å²) in [4.78, 5) is 12.0. The third-order valence-electron chi connectivity index (χ3n) is 3.34. The van der Waals surface area contributed by atoms with Crippen molar-refractivity contribution in [1.29, 1.82) is 0 Å². The van der Waals surface area contributed by atoms with Crippen molar-refractivity contribution in [2.24, 2.45) is 5.10 Å². The van der Waals surface area contributed by atoms with E-state index in [1.807, 2.05) is 18.2 Å². The number of carbonyl (C=O) groups excluding carboxylic acids is 1. The quantitative estimate of drug-likeness (QED) is 0.180.